The van der Waals surface area contributed by atoms with E-state index in [2.05, 4.69) is 21.2 Å². The van der Waals surface area contributed by atoms with E-state index >= 15 is 0 Å². The first-order valence-electron chi connectivity index (χ1n) is 5.94. The molecule has 0 saturated heterocycles. The lowest BCUT2D eigenvalue weighted by atomic mass is 10.2. The summed E-state index contributed by atoms with van der Waals surface area (Å²) in [7, 11) is 0. The molecule has 0 saturated carbocycles. The maximum atomic E-state index is 11.8. The lowest BCUT2D eigenvalue weighted by Gasteiger charge is -2.06. The molecule has 0 radical (unpaired) electrons. The van der Waals surface area contributed by atoms with Gasteiger partial charge >= 0.3 is 0 Å². The van der Waals surface area contributed by atoms with Crippen molar-refractivity contribution in [3.8, 4) is 0 Å². The molecular weight excluding hydrogens is 337 g/mol. The zero-order valence-electron chi connectivity index (χ0n) is 10.0. The van der Waals surface area contributed by atoms with Crippen LogP contribution in [-0.2, 0) is 0 Å². The first-order chi connectivity index (χ1) is 8.65. The highest BCUT2D eigenvalue weighted by molar-refractivity contribution is 9.10. The van der Waals surface area contributed by atoms with Crippen molar-refractivity contribution in [1.82, 2.24) is 5.32 Å². The van der Waals surface area contributed by atoms with E-state index in [1.54, 1.807) is 18.2 Å². The number of halogens is 3. The zero-order valence-corrected chi connectivity index (χ0v) is 13.1. The Kier molecular flexibility index (Phi) is 7.71. The number of amides is 1. The number of hydrogen-bond donors (Lipinski definition) is 1. The minimum atomic E-state index is -0.0651. The number of unbranched alkanes of at least 4 members (excludes halogenated alkanes) is 3. The van der Waals surface area contributed by atoms with Crippen molar-refractivity contribution in [3.63, 3.8) is 0 Å². The summed E-state index contributed by atoms with van der Waals surface area (Å²) >= 11 is 14.8. The maximum absolute atomic E-state index is 11.8. The normalized spacial score (nSPS) is 10.4. The molecular formula is C13H16BrCl2NO. The van der Waals surface area contributed by atoms with Gasteiger partial charge in [-0.05, 0) is 47.0 Å². The molecule has 18 heavy (non-hydrogen) atoms. The summed E-state index contributed by atoms with van der Waals surface area (Å²) in [6, 6.07) is 5.15. The van der Waals surface area contributed by atoms with E-state index in [0.717, 1.165) is 30.2 Å². The van der Waals surface area contributed by atoms with Crippen LogP contribution in [0.2, 0.25) is 5.02 Å². The van der Waals surface area contributed by atoms with Crippen molar-refractivity contribution in [2.75, 3.05) is 12.4 Å². The van der Waals surface area contributed by atoms with E-state index in [1.165, 1.54) is 0 Å². The molecule has 0 aromatic heterocycles. The average Bonchev–Trinajstić information content (AvgIpc) is 2.36. The molecule has 0 fully saturated rings. The van der Waals surface area contributed by atoms with Crippen molar-refractivity contribution in [3.05, 3.63) is 33.3 Å². The van der Waals surface area contributed by atoms with Crippen LogP contribution in [0.4, 0.5) is 0 Å². The third-order valence-electron chi connectivity index (χ3n) is 2.53. The summed E-state index contributed by atoms with van der Waals surface area (Å²) < 4.78 is 0.735. The predicted octanol–water partition coefficient (Wildman–Crippen LogP) is 4.63. The lowest BCUT2D eigenvalue weighted by Crippen LogP contribution is -2.24. The van der Waals surface area contributed by atoms with Crippen LogP contribution in [0.3, 0.4) is 0 Å². The molecule has 0 aliphatic rings. The van der Waals surface area contributed by atoms with Gasteiger partial charge in [0.15, 0.2) is 0 Å². The van der Waals surface area contributed by atoms with Crippen molar-refractivity contribution in [2.45, 2.75) is 25.7 Å². The van der Waals surface area contributed by atoms with Gasteiger partial charge in [0.2, 0.25) is 0 Å². The van der Waals surface area contributed by atoms with E-state index in [1.807, 2.05) is 0 Å². The number of hydrogen-bond acceptors (Lipinski definition) is 1. The SMILES string of the molecule is O=C(NCCCCCCCl)c1ccc(Cl)c(Br)c1. The van der Waals surface area contributed by atoms with E-state index in [9.17, 15) is 4.79 Å². The number of carbonyl (C=O) groups excluding carboxylic acids is 1. The van der Waals surface area contributed by atoms with Crippen LogP contribution in [0.25, 0.3) is 0 Å². The summed E-state index contributed by atoms with van der Waals surface area (Å²) in [6.45, 7) is 0.696. The molecule has 1 amide bonds. The Morgan fingerprint density at radius 3 is 2.61 bits per heavy atom. The molecule has 1 aromatic rings. The van der Waals surface area contributed by atoms with Gasteiger partial charge in [0, 0.05) is 22.5 Å². The van der Waals surface area contributed by atoms with E-state index in [0.29, 0.717) is 23.0 Å². The maximum Gasteiger partial charge on any atom is 0.251 e. The molecule has 1 aromatic carbocycles. The van der Waals surface area contributed by atoms with Crippen molar-refractivity contribution >= 4 is 45.0 Å². The fraction of sp³-hybridized carbons (Fsp3) is 0.462. The number of alkyl halides is 1. The van der Waals surface area contributed by atoms with Gasteiger partial charge in [0.25, 0.3) is 5.91 Å². The van der Waals surface area contributed by atoms with Gasteiger partial charge in [-0.1, -0.05) is 24.4 Å². The van der Waals surface area contributed by atoms with Gasteiger partial charge in [-0.2, -0.15) is 0 Å². The first-order valence-corrected chi connectivity index (χ1v) is 7.65. The highest BCUT2D eigenvalue weighted by atomic mass is 79.9. The minimum absolute atomic E-state index is 0.0651. The number of nitrogens with one attached hydrogen (secondary N) is 1. The summed E-state index contributed by atoms with van der Waals surface area (Å²) in [6.07, 6.45) is 4.24. The topological polar surface area (TPSA) is 29.1 Å². The molecule has 0 heterocycles. The van der Waals surface area contributed by atoms with Gasteiger partial charge in [-0.25, -0.2) is 0 Å². The highest BCUT2D eigenvalue weighted by Crippen LogP contribution is 2.23. The van der Waals surface area contributed by atoms with Gasteiger partial charge in [-0.3, -0.25) is 4.79 Å². The van der Waals surface area contributed by atoms with Crippen molar-refractivity contribution in [2.24, 2.45) is 0 Å². The Balaban J connectivity index is 2.30. The summed E-state index contributed by atoms with van der Waals surface area (Å²) in [5, 5.41) is 3.49. The number of carbonyl (C=O) groups is 1. The zero-order chi connectivity index (χ0) is 13.4. The smallest absolute Gasteiger partial charge is 0.251 e. The molecule has 0 aliphatic carbocycles. The van der Waals surface area contributed by atoms with Crippen molar-refractivity contribution in [1.29, 1.82) is 0 Å². The Morgan fingerprint density at radius 2 is 1.94 bits per heavy atom. The highest BCUT2D eigenvalue weighted by Gasteiger charge is 2.06. The summed E-state index contributed by atoms with van der Waals surface area (Å²) in [4.78, 5) is 11.8. The quantitative estimate of drug-likeness (QED) is 0.562. The number of rotatable bonds is 7. The molecule has 0 atom stereocenters. The largest absolute Gasteiger partial charge is 0.352 e. The Bertz CT molecular complexity index is 399. The minimum Gasteiger partial charge on any atom is -0.352 e. The second kappa shape index (κ2) is 8.78. The first kappa shape index (κ1) is 15.8. The fourth-order valence-corrected chi connectivity index (χ4v) is 2.20. The van der Waals surface area contributed by atoms with Crippen LogP contribution >= 0.6 is 39.1 Å². The molecule has 5 heteroatoms. The Labute approximate surface area is 126 Å². The van der Waals surface area contributed by atoms with Crippen LogP contribution in [0, 0.1) is 0 Å². The average molecular weight is 353 g/mol. The van der Waals surface area contributed by atoms with Crippen LogP contribution < -0.4 is 5.32 Å². The third kappa shape index (κ3) is 5.59. The molecule has 100 valence electrons. The van der Waals surface area contributed by atoms with Gasteiger partial charge in [0.05, 0.1) is 5.02 Å². The predicted molar refractivity (Wildman–Crippen MR) is 80.7 cm³/mol. The van der Waals surface area contributed by atoms with E-state index in [-0.39, 0.29) is 5.91 Å². The second-order valence-corrected chi connectivity index (χ2v) is 5.63. The van der Waals surface area contributed by atoms with Gasteiger partial charge < -0.3 is 5.32 Å². The van der Waals surface area contributed by atoms with Crippen LogP contribution in [0.15, 0.2) is 22.7 Å². The fourth-order valence-electron chi connectivity index (χ4n) is 1.51. The monoisotopic (exact) mass is 351 g/mol. The summed E-state index contributed by atoms with van der Waals surface area (Å²) in [5.74, 6) is 0.648. The van der Waals surface area contributed by atoms with E-state index in [4.69, 9.17) is 23.2 Å². The molecule has 1 N–H and O–H groups in total. The summed E-state index contributed by atoms with van der Waals surface area (Å²) in [5.41, 5.74) is 0.618. The second-order valence-electron chi connectivity index (χ2n) is 3.99. The third-order valence-corrected chi connectivity index (χ3v) is 4.01. The van der Waals surface area contributed by atoms with Crippen LogP contribution in [0.5, 0.6) is 0 Å². The Morgan fingerprint density at radius 1 is 1.22 bits per heavy atom. The molecule has 1 rings (SSSR count). The standard InChI is InChI=1S/C13H16BrCl2NO/c14-11-9-10(5-6-12(11)16)13(18)17-8-4-2-1-3-7-15/h5-6,9H,1-4,7-8H2,(H,17,18). The molecule has 2 nitrogen and oxygen atoms in total. The van der Waals surface area contributed by atoms with Crippen LogP contribution in [0.1, 0.15) is 36.0 Å². The van der Waals surface area contributed by atoms with E-state index < -0.39 is 0 Å². The molecule has 0 spiro atoms. The lowest BCUT2D eigenvalue weighted by molar-refractivity contribution is 0.0953. The van der Waals surface area contributed by atoms with Crippen LogP contribution in [-0.4, -0.2) is 18.3 Å². The van der Waals surface area contributed by atoms with Crippen molar-refractivity contribution < 1.29 is 4.79 Å². The van der Waals surface area contributed by atoms with Gasteiger partial charge in [0.1, 0.15) is 0 Å². The Hall–Kier alpha value is -0.250. The van der Waals surface area contributed by atoms with Gasteiger partial charge in [-0.15, -0.1) is 11.6 Å². The molecule has 0 aliphatic heterocycles. The molecule has 0 bridgehead atoms. The molecule has 0 unspecified atom stereocenters. The number of benzene rings is 1.